The van der Waals surface area contributed by atoms with Crippen LogP contribution < -0.4 is 15.5 Å². The first-order chi connectivity index (χ1) is 12.7. The molecule has 3 heterocycles. The van der Waals surface area contributed by atoms with Crippen LogP contribution in [0.5, 0.6) is 0 Å². The maximum atomic E-state index is 6.23. The van der Waals surface area contributed by atoms with Gasteiger partial charge in [-0.15, -0.1) is 0 Å². The van der Waals surface area contributed by atoms with Gasteiger partial charge in [0.15, 0.2) is 5.82 Å². The number of nitrogens with two attached hydrogens (primary N) is 1. The van der Waals surface area contributed by atoms with Crippen LogP contribution in [0.15, 0.2) is 6.07 Å². The Balaban J connectivity index is 1.80. The molecule has 1 aliphatic rings. The van der Waals surface area contributed by atoms with E-state index in [0.29, 0.717) is 6.61 Å². The largest absolute Gasteiger partial charge is 0.394 e. The van der Waals surface area contributed by atoms with Gasteiger partial charge in [-0.25, -0.2) is 9.97 Å². The molecule has 2 N–H and O–H groups in total. The third-order valence-electron chi connectivity index (χ3n) is 4.87. The molecular weight excluding hydrogens is 342 g/mol. The molecule has 0 amide bonds. The third-order valence-corrected chi connectivity index (χ3v) is 4.87. The molecule has 0 atom stereocenters. The Kier molecular flexibility index (Phi) is 5.28. The number of hydrogen-bond acceptors (Lipinski definition) is 7. The van der Waals surface area contributed by atoms with Gasteiger partial charge in [-0.05, 0) is 6.92 Å². The molecule has 0 radical (unpaired) electrons. The molecule has 0 aliphatic carbocycles. The zero-order chi connectivity index (χ0) is 19.8. The molecule has 1 fully saturated rings. The van der Waals surface area contributed by atoms with E-state index in [0.717, 1.165) is 60.7 Å². The third kappa shape index (κ3) is 4.00. The summed E-state index contributed by atoms with van der Waals surface area (Å²) in [6, 6.07) is 2.04. The fourth-order valence-corrected chi connectivity index (χ4v) is 3.39. The number of ether oxygens (including phenoxy) is 1. The molecule has 8 heteroatoms. The number of aromatic nitrogens is 4. The van der Waals surface area contributed by atoms with E-state index in [9.17, 15) is 0 Å². The van der Waals surface area contributed by atoms with Crippen molar-refractivity contribution in [3.63, 3.8) is 0 Å². The highest BCUT2D eigenvalue weighted by atomic mass is 16.5. The van der Waals surface area contributed by atoms with Crippen molar-refractivity contribution in [3.05, 3.63) is 23.3 Å². The maximum absolute atomic E-state index is 6.23. The van der Waals surface area contributed by atoms with Gasteiger partial charge >= 0.3 is 0 Å². The SMILES string of the molecule is COCc1cc(N2CCN(c3c(N)c(C)nn3C)CC2)nc(C(C)(C)C)n1. The van der Waals surface area contributed by atoms with Gasteiger partial charge in [0.2, 0.25) is 0 Å². The lowest BCUT2D eigenvalue weighted by molar-refractivity contribution is 0.181. The summed E-state index contributed by atoms with van der Waals surface area (Å²) in [5.41, 5.74) is 8.68. The summed E-state index contributed by atoms with van der Waals surface area (Å²) in [4.78, 5) is 14.1. The zero-order valence-electron chi connectivity index (χ0n) is 17.3. The molecule has 2 aromatic rings. The van der Waals surface area contributed by atoms with Gasteiger partial charge in [0.1, 0.15) is 11.6 Å². The average molecular weight is 374 g/mol. The summed E-state index contributed by atoms with van der Waals surface area (Å²) in [5, 5.41) is 4.44. The number of hydrogen-bond donors (Lipinski definition) is 1. The monoisotopic (exact) mass is 373 g/mol. The van der Waals surface area contributed by atoms with Crippen LogP contribution in [0.1, 0.15) is 38.0 Å². The minimum absolute atomic E-state index is 0.110. The molecular formula is C19H31N7O. The lowest BCUT2D eigenvalue weighted by Crippen LogP contribution is -2.47. The van der Waals surface area contributed by atoms with Crippen molar-refractivity contribution < 1.29 is 4.74 Å². The van der Waals surface area contributed by atoms with Crippen molar-refractivity contribution in [3.8, 4) is 0 Å². The lowest BCUT2D eigenvalue weighted by Gasteiger charge is -2.37. The first kappa shape index (κ1) is 19.4. The molecule has 27 heavy (non-hydrogen) atoms. The van der Waals surface area contributed by atoms with Crippen LogP contribution in [0.2, 0.25) is 0 Å². The quantitative estimate of drug-likeness (QED) is 0.875. The molecule has 0 spiro atoms. The summed E-state index contributed by atoms with van der Waals surface area (Å²) in [7, 11) is 3.64. The Morgan fingerprint density at radius 2 is 1.74 bits per heavy atom. The van der Waals surface area contributed by atoms with Crippen molar-refractivity contribution in [2.24, 2.45) is 7.05 Å². The number of methoxy groups -OCH3 is 1. The lowest BCUT2D eigenvalue weighted by atomic mass is 9.95. The Labute approximate surface area is 161 Å². The minimum Gasteiger partial charge on any atom is -0.394 e. The fraction of sp³-hybridized carbons (Fsp3) is 0.632. The average Bonchev–Trinajstić information content (AvgIpc) is 2.86. The first-order valence-corrected chi connectivity index (χ1v) is 9.37. The predicted molar refractivity (Wildman–Crippen MR) is 108 cm³/mol. The Morgan fingerprint density at radius 1 is 1.11 bits per heavy atom. The zero-order valence-corrected chi connectivity index (χ0v) is 17.3. The molecule has 1 aliphatic heterocycles. The number of nitrogen functional groups attached to an aromatic ring is 1. The van der Waals surface area contributed by atoms with Crippen LogP contribution >= 0.6 is 0 Å². The maximum Gasteiger partial charge on any atom is 0.150 e. The van der Waals surface area contributed by atoms with Gasteiger partial charge in [0.05, 0.1) is 23.7 Å². The van der Waals surface area contributed by atoms with Crippen molar-refractivity contribution in [2.75, 3.05) is 48.8 Å². The van der Waals surface area contributed by atoms with E-state index in [2.05, 4.69) is 40.7 Å². The minimum atomic E-state index is -0.110. The van der Waals surface area contributed by atoms with Crippen LogP contribution in [-0.2, 0) is 23.8 Å². The Hall–Kier alpha value is -2.35. The summed E-state index contributed by atoms with van der Waals surface area (Å²) in [6.07, 6.45) is 0. The Bertz CT molecular complexity index is 801. The normalized spacial score (nSPS) is 15.5. The first-order valence-electron chi connectivity index (χ1n) is 9.37. The van der Waals surface area contributed by atoms with Crippen LogP contribution in [0.4, 0.5) is 17.3 Å². The van der Waals surface area contributed by atoms with E-state index in [4.69, 9.17) is 15.5 Å². The van der Waals surface area contributed by atoms with E-state index >= 15 is 0 Å². The van der Waals surface area contributed by atoms with Crippen LogP contribution in [-0.4, -0.2) is 53.0 Å². The molecule has 2 aromatic heterocycles. The molecule has 0 unspecified atom stereocenters. The predicted octanol–water partition coefficient (Wildman–Crippen LogP) is 1.87. The number of aryl methyl sites for hydroxylation is 2. The molecule has 0 saturated carbocycles. The molecule has 0 bridgehead atoms. The number of anilines is 3. The van der Waals surface area contributed by atoms with E-state index in [1.807, 2.05) is 24.7 Å². The van der Waals surface area contributed by atoms with Crippen molar-refractivity contribution in [2.45, 2.75) is 39.7 Å². The second-order valence-corrected chi connectivity index (χ2v) is 8.14. The van der Waals surface area contributed by atoms with E-state index in [-0.39, 0.29) is 5.41 Å². The van der Waals surface area contributed by atoms with E-state index in [1.54, 1.807) is 7.11 Å². The van der Waals surface area contributed by atoms with Crippen molar-refractivity contribution in [1.82, 2.24) is 19.7 Å². The smallest absolute Gasteiger partial charge is 0.150 e. The standard InChI is InChI=1S/C19H31N7O/c1-13-16(20)17(24(5)23-13)26-9-7-25(8-10-26)15-11-14(12-27-6)21-18(22-15)19(2,3)4/h11H,7-10,12,20H2,1-6H3. The second-order valence-electron chi connectivity index (χ2n) is 8.14. The van der Waals surface area contributed by atoms with Crippen LogP contribution in [0.25, 0.3) is 0 Å². The van der Waals surface area contributed by atoms with Gasteiger partial charge in [-0.1, -0.05) is 20.8 Å². The van der Waals surface area contributed by atoms with Gasteiger partial charge in [0.25, 0.3) is 0 Å². The number of rotatable bonds is 4. The summed E-state index contributed by atoms with van der Waals surface area (Å²) < 4.78 is 7.18. The molecule has 148 valence electrons. The van der Waals surface area contributed by atoms with Gasteiger partial charge < -0.3 is 20.3 Å². The van der Waals surface area contributed by atoms with Gasteiger partial charge in [0, 0.05) is 51.8 Å². The van der Waals surface area contributed by atoms with Gasteiger partial charge in [-0.2, -0.15) is 5.10 Å². The highest BCUT2D eigenvalue weighted by Gasteiger charge is 2.25. The summed E-state index contributed by atoms with van der Waals surface area (Å²) in [5.74, 6) is 2.82. The number of piperazine rings is 1. The molecule has 1 saturated heterocycles. The van der Waals surface area contributed by atoms with E-state index in [1.165, 1.54) is 0 Å². The second kappa shape index (κ2) is 7.34. The topological polar surface area (TPSA) is 85.3 Å². The highest BCUT2D eigenvalue weighted by molar-refractivity contribution is 5.66. The molecule has 0 aromatic carbocycles. The van der Waals surface area contributed by atoms with Gasteiger partial charge in [-0.3, -0.25) is 4.68 Å². The van der Waals surface area contributed by atoms with Crippen LogP contribution in [0, 0.1) is 6.92 Å². The summed E-state index contributed by atoms with van der Waals surface area (Å²) in [6.45, 7) is 12.3. The van der Waals surface area contributed by atoms with Crippen molar-refractivity contribution >= 4 is 17.3 Å². The number of nitrogens with zero attached hydrogens (tertiary/aromatic N) is 6. The Morgan fingerprint density at radius 3 is 2.26 bits per heavy atom. The van der Waals surface area contributed by atoms with E-state index < -0.39 is 0 Å². The highest BCUT2D eigenvalue weighted by Crippen LogP contribution is 2.28. The van der Waals surface area contributed by atoms with Crippen molar-refractivity contribution in [1.29, 1.82) is 0 Å². The van der Waals surface area contributed by atoms with Crippen LogP contribution in [0.3, 0.4) is 0 Å². The molecule has 3 rings (SSSR count). The molecule has 8 nitrogen and oxygen atoms in total. The fourth-order valence-electron chi connectivity index (χ4n) is 3.39. The summed E-state index contributed by atoms with van der Waals surface area (Å²) >= 11 is 0.